The number of nitrogens with one attached hydrogen (secondary N) is 1. The fourth-order valence-electron chi connectivity index (χ4n) is 2.95. The van der Waals surface area contributed by atoms with Crippen molar-refractivity contribution in [1.82, 2.24) is 9.55 Å². The molecule has 2 heterocycles. The lowest BCUT2D eigenvalue weighted by molar-refractivity contribution is -0.116. The molecule has 8 heteroatoms. The molecule has 1 amide bonds. The van der Waals surface area contributed by atoms with Crippen molar-refractivity contribution in [3.05, 3.63) is 57.0 Å². The first-order valence-corrected chi connectivity index (χ1v) is 9.16. The van der Waals surface area contributed by atoms with Gasteiger partial charge < -0.3 is 14.8 Å². The molecular formula is C19H16BrN3O4. The Kier molecular flexibility index (Phi) is 4.57. The SMILES string of the molecule is Cc1cccc2c(=O)n(CC(=O)Nc3cc4c(cc3Br)OCCO4)cnc12. The minimum absolute atomic E-state index is 0.142. The van der Waals surface area contributed by atoms with Crippen LogP contribution >= 0.6 is 15.9 Å². The predicted octanol–water partition coefficient (Wildman–Crippen LogP) is 2.88. The first kappa shape index (κ1) is 17.5. The first-order valence-electron chi connectivity index (χ1n) is 8.36. The van der Waals surface area contributed by atoms with Crippen LogP contribution in [0.1, 0.15) is 5.56 Å². The van der Waals surface area contributed by atoms with Crippen molar-refractivity contribution >= 4 is 38.4 Å². The number of nitrogens with zero attached hydrogens (tertiary/aromatic N) is 2. The Bertz CT molecular complexity index is 1110. The molecule has 0 fully saturated rings. The van der Waals surface area contributed by atoms with Crippen LogP contribution in [0.15, 0.2) is 45.9 Å². The van der Waals surface area contributed by atoms with Crippen LogP contribution in [0.5, 0.6) is 11.5 Å². The van der Waals surface area contributed by atoms with E-state index in [1.165, 1.54) is 10.9 Å². The molecule has 1 aliphatic rings. The molecule has 0 saturated carbocycles. The average Bonchev–Trinajstić information content (AvgIpc) is 2.65. The summed E-state index contributed by atoms with van der Waals surface area (Å²) in [6.07, 6.45) is 1.40. The molecule has 4 rings (SSSR count). The van der Waals surface area contributed by atoms with Crippen molar-refractivity contribution in [2.75, 3.05) is 18.5 Å². The Balaban J connectivity index is 1.58. The molecular weight excluding hydrogens is 414 g/mol. The first-order chi connectivity index (χ1) is 13.0. The van der Waals surface area contributed by atoms with Gasteiger partial charge in [-0.05, 0) is 34.5 Å². The Morgan fingerprint density at radius 3 is 2.78 bits per heavy atom. The maximum Gasteiger partial charge on any atom is 0.261 e. The smallest absolute Gasteiger partial charge is 0.261 e. The molecule has 27 heavy (non-hydrogen) atoms. The molecule has 1 aliphatic heterocycles. The second kappa shape index (κ2) is 7.03. The second-order valence-corrected chi connectivity index (χ2v) is 7.03. The zero-order valence-corrected chi connectivity index (χ0v) is 16.1. The van der Waals surface area contributed by atoms with E-state index >= 15 is 0 Å². The summed E-state index contributed by atoms with van der Waals surface area (Å²) in [4.78, 5) is 29.4. The highest BCUT2D eigenvalue weighted by Crippen LogP contribution is 2.38. The summed E-state index contributed by atoms with van der Waals surface area (Å²) in [5.74, 6) is 0.847. The number of anilines is 1. The molecule has 7 nitrogen and oxygen atoms in total. The molecule has 0 unspecified atom stereocenters. The van der Waals surface area contributed by atoms with Gasteiger partial charge in [0, 0.05) is 16.6 Å². The van der Waals surface area contributed by atoms with Crippen molar-refractivity contribution in [1.29, 1.82) is 0 Å². The standard InChI is InChI=1S/C19H16BrN3O4/c1-11-3-2-4-12-18(11)21-10-23(19(12)25)9-17(24)22-14-8-16-15(7-13(14)20)26-5-6-27-16/h2-4,7-8,10H,5-6,9H2,1H3,(H,22,24). The summed E-state index contributed by atoms with van der Waals surface area (Å²) in [6.45, 7) is 2.70. The highest BCUT2D eigenvalue weighted by molar-refractivity contribution is 9.10. The highest BCUT2D eigenvalue weighted by Gasteiger charge is 2.17. The van der Waals surface area contributed by atoms with Crippen LogP contribution in [0.25, 0.3) is 10.9 Å². The summed E-state index contributed by atoms with van der Waals surface area (Å²) in [7, 11) is 0. The molecule has 138 valence electrons. The van der Waals surface area contributed by atoms with Gasteiger partial charge >= 0.3 is 0 Å². The third-order valence-electron chi connectivity index (χ3n) is 4.28. The van der Waals surface area contributed by atoms with Crippen LogP contribution < -0.4 is 20.3 Å². The van der Waals surface area contributed by atoms with E-state index in [0.29, 0.717) is 45.8 Å². The maximum absolute atomic E-state index is 12.6. The van der Waals surface area contributed by atoms with E-state index in [-0.39, 0.29) is 18.0 Å². The van der Waals surface area contributed by atoms with Crippen LogP contribution in [0, 0.1) is 6.92 Å². The van der Waals surface area contributed by atoms with Gasteiger partial charge in [-0.3, -0.25) is 14.2 Å². The summed E-state index contributed by atoms with van der Waals surface area (Å²) in [5, 5.41) is 3.28. The number of hydrogen-bond donors (Lipinski definition) is 1. The van der Waals surface area contributed by atoms with Gasteiger partial charge in [-0.2, -0.15) is 0 Å². The number of hydrogen-bond acceptors (Lipinski definition) is 5. The lowest BCUT2D eigenvalue weighted by Crippen LogP contribution is -2.28. The van der Waals surface area contributed by atoms with Crippen LogP contribution in [0.4, 0.5) is 5.69 Å². The van der Waals surface area contributed by atoms with E-state index in [0.717, 1.165) is 5.56 Å². The predicted molar refractivity (Wildman–Crippen MR) is 105 cm³/mol. The molecule has 2 aromatic carbocycles. The number of aryl methyl sites for hydroxylation is 1. The number of rotatable bonds is 3. The fourth-order valence-corrected chi connectivity index (χ4v) is 3.38. The third kappa shape index (κ3) is 3.40. The molecule has 0 saturated heterocycles. The van der Waals surface area contributed by atoms with Gasteiger partial charge in [0.1, 0.15) is 19.8 Å². The summed E-state index contributed by atoms with van der Waals surface area (Å²) >= 11 is 3.41. The van der Waals surface area contributed by atoms with Gasteiger partial charge in [-0.15, -0.1) is 0 Å². The largest absolute Gasteiger partial charge is 0.486 e. The van der Waals surface area contributed by atoms with Gasteiger partial charge in [0.25, 0.3) is 5.56 Å². The van der Waals surface area contributed by atoms with Crippen LogP contribution in [0.2, 0.25) is 0 Å². The van der Waals surface area contributed by atoms with Crippen LogP contribution in [-0.4, -0.2) is 28.7 Å². The van der Waals surface area contributed by atoms with E-state index in [9.17, 15) is 9.59 Å². The normalized spacial score (nSPS) is 12.8. The zero-order valence-electron chi connectivity index (χ0n) is 14.5. The molecule has 0 aliphatic carbocycles. The number of fused-ring (bicyclic) bond motifs is 2. The Morgan fingerprint density at radius 1 is 1.26 bits per heavy atom. The van der Waals surface area contributed by atoms with E-state index in [4.69, 9.17) is 9.47 Å². The Hall–Kier alpha value is -2.87. The van der Waals surface area contributed by atoms with Crippen molar-refractivity contribution in [2.24, 2.45) is 0 Å². The second-order valence-electron chi connectivity index (χ2n) is 6.17. The topological polar surface area (TPSA) is 82.5 Å². The van der Waals surface area contributed by atoms with Crippen molar-refractivity contribution in [2.45, 2.75) is 13.5 Å². The van der Waals surface area contributed by atoms with Gasteiger partial charge in [-0.1, -0.05) is 12.1 Å². The number of carbonyl (C=O) groups is 1. The van der Waals surface area contributed by atoms with Crippen molar-refractivity contribution < 1.29 is 14.3 Å². The molecule has 1 aromatic heterocycles. The summed E-state index contributed by atoms with van der Waals surface area (Å²) < 4.78 is 13.0. The highest BCUT2D eigenvalue weighted by atomic mass is 79.9. The average molecular weight is 430 g/mol. The molecule has 0 spiro atoms. The number of ether oxygens (including phenoxy) is 2. The number of amides is 1. The van der Waals surface area contributed by atoms with E-state index in [2.05, 4.69) is 26.2 Å². The van der Waals surface area contributed by atoms with E-state index < -0.39 is 0 Å². The maximum atomic E-state index is 12.6. The van der Waals surface area contributed by atoms with Gasteiger partial charge in [0.2, 0.25) is 5.91 Å². The number of halogens is 1. The lowest BCUT2D eigenvalue weighted by atomic mass is 10.1. The van der Waals surface area contributed by atoms with E-state index in [1.54, 1.807) is 24.3 Å². The zero-order chi connectivity index (χ0) is 19.0. The molecule has 0 atom stereocenters. The quantitative estimate of drug-likeness (QED) is 0.691. The number of carbonyl (C=O) groups excluding carboxylic acids is 1. The summed E-state index contributed by atoms with van der Waals surface area (Å²) in [6, 6.07) is 8.85. The van der Waals surface area contributed by atoms with Gasteiger partial charge in [0.15, 0.2) is 11.5 Å². The number of aromatic nitrogens is 2. The molecule has 3 aromatic rings. The van der Waals surface area contributed by atoms with Gasteiger partial charge in [0.05, 0.1) is 22.9 Å². The van der Waals surface area contributed by atoms with Crippen molar-refractivity contribution in [3.8, 4) is 11.5 Å². The molecule has 0 radical (unpaired) electrons. The minimum Gasteiger partial charge on any atom is -0.486 e. The molecule has 0 bridgehead atoms. The number of benzene rings is 2. The van der Waals surface area contributed by atoms with Crippen LogP contribution in [0.3, 0.4) is 0 Å². The number of para-hydroxylation sites is 1. The van der Waals surface area contributed by atoms with Crippen molar-refractivity contribution in [3.63, 3.8) is 0 Å². The molecule has 1 N–H and O–H groups in total. The third-order valence-corrected chi connectivity index (χ3v) is 4.93. The van der Waals surface area contributed by atoms with Crippen LogP contribution in [-0.2, 0) is 11.3 Å². The summed E-state index contributed by atoms with van der Waals surface area (Å²) in [5.41, 5.74) is 1.86. The van der Waals surface area contributed by atoms with E-state index in [1.807, 2.05) is 13.0 Å². The minimum atomic E-state index is -0.344. The fraction of sp³-hybridized carbons (Fsp3) is 0.211. The Morgan fingerprint density at radius 2 is 2.00 bits per heavy atom. The van der Waals surface area contributed by atoms with Gasteiger partial charge in [-0.25, -0.2) is 4.98 Å². The monoisotopic (exact) mass is 429 g/mol. The Labute approximate surface area is 163 Å². The lowest BCUT2D eigenvalue weighted by Gasteiger charge is -2.20.